The summed E-state index contributed by atoms with van der Waals surface area (Å²) in [4.78, 5) is 2.32. The Morgan fingerprint density at radius 1 is 0.349 bits per heavy atom. The number of nitrogens with zero attached hydrogens (tertiary/aromatic N) is 2. The number of rotatable bonds is 6. The minimum absolute atomic E-state index is 0.0619. The molecule has 1 aromatic heterocycles. The largest absolute Gasteiger partial charge is 0.311 e. The lowest BCUT2D eigenvalue weighted by atomic mass is 9.81. The van der Waals surface area contributed by atoms with Crippen molar-refractivity contribution in [3.8, 4) is 39.1 Å². The maximum atomic E-state index is 2.46. The molecule has 0 bridgehead atoms. The number of hydrogen-bond acceptors (Lipinski definition) is 1. The van der Waals surface area contributed by atoms with Gasteiger partial charge in [0.1, 0.15) is 0 Å². The van der Waals surface area contributed by atoms with Crippen LogP contribution in [0.15, 0.2) is 218 Å². The van der Waals surface area contributed by atoms with Gasteiger partial charge < -0.3 is 9.47 Å². The number of para-hydroxylation sites is 3. The van der Waals surface area contributed by atoms with E-state index in [-0.39, 0.29) is 5.41 Å². The predicted octanol–water partition coefficient (Wildman–Crippen LogP) is 16.8. The van der Waals surface area contributed by atoms with E-state index in [1.807, 2.05) is 0 Å². The Balaban J connectivity index is 1.00. The Morgan fingerprint density at radius 3 is 1.67 bits per heavy atom. The average Bonchev–Trinajstić information content (AvgIpc) is 3.79. The van der Waals surface area contributed by atoms with Gasteiger partial charge in [-0.05, 0) is 150 Å². The van der Waals surface area contributed by atoms with Crippen LogP contribution in [0, 0.1) is 0 Å². The molecule has 1 heterocycles. The summed E-state index contributed by atoms with van der Waals surface area (Å²) in [5, 5.41) is 10.3. The third-order valence-electron chi connectivity index (χ3n) is 13.9. The molecule has 0 N–H and O–H groups in total. The quantitative estimate of drug-likeness (QED) is 0.152. The Bertz CT molecular complexity index is 3690. The molecule has 0 unspecified atom stereocenters. The summed E-state index contributed by atoms with van der Waals surface area (Å²) in [7, 11) is 0. The van der Waals surface area contributed by atoms with Crippen LogP contribution >= 0.6 is 0 Å². The van der Waals surface area contributed by atoms with Gasteiger partial charge in [0.05, 0.1) is 11.0 Å². The maximum Gasteiger partial charge on any atom is 0.0553 e. The number of aromatic nitrogens is 1. The lowest BCUT2D eigenvalue weighted by molar-refractivity contribution is 0.660. The molecule has 0 saturated carbocycles. The summed E-state index contributed by atoms with van der Waals surface area (Å²) in [6, 6.07) is 80.8. The highest BCUT2D eigenvalue weighted by atomic mass is 15.1. The monoisotopic (exact) mass is 802 g/mol. The summed E-state index contributed by atoms with van der Waals surface area (Å²) >= 11 is 0. The first-order valence-corrected chi connectivity index (χ1v) is 22.0. The van der Waals surface area contributed by atoms with Gasteiger partial charge in [-0.25, -0.2) is 0 Å². The maximum absolute atomic E-state index is 2.46. The summed E-state index contributed by atoms with van der Waals surface area (Å²) in [5.74, 6) is 0. The van der Waals surface area contributed by atoms with E-state index in [9.17, 15) is 0 Å². The Hall–Kier alpha value is -7.94. The minimum atomic E-state index is -0.0619. The molecular weight excluding hydrogens is 761 g/mol. The summed E-state index contributed by atoms with van der Waals surface area (Å²) < 4.78 is 2.46. The molecule has 2 nitrogen and oxygen atoms in total. The molecule has 2 heteroatoms. The van der Waals surface area contributed by atoms with Crippen LogP contribution < -0.4 is 4.90 Å². The van der Waals surface area contributed by atoms with E-state index in [1.165, 1.54) is 104 Å². The minimum Gasteiger partial charge on any atom is -0.311 e. The topological polar surface area (TPSA) is 8.17 Å². The van der Waals surface area contributed by atoms with Gasteiger partial charge in [-0.2, -0.15) is 0 Å². The van der Waals surface area contributed by atoms with Crippen molar-refractivity contribution >= 4 is 71.2 Å². The van der Waals surface area contributed by atoms with Crippen LogP contribution in [0.2, 0.25) is 0 Å². The van der Waals surface area contributed by atoms with E-state index in [0.717, 1.165) is 17.1 Å². The van der Waals surface area contributed by atoms with Crippen LogP contribution in [0.25, 0.3) is 93.2 Å². The second kappa shape index (κ2) is 13.5. The zero-order valence-electron chi connectivity index (χ0n) is 35.2. The Morgan fingerprint density at radius 2 is 0.905 bits per heavy atom. The number of anilines is 3. The molecule has 0 saturated heterocycles. The number of fused-ring (bicyclic) bond motifs is 7. The van der Waals surface area contributed by atoms with Crippen LogP contribution in [0.5, 0.6) is 0 Å². The van der Waals surface area contributed by atoms with E-state index in [1.54, 1.807) is 0 Å². The van der Waals surface area contributed by atoms with Gasteiger partial charge in [-0.3, -0.25) is 0 Å². The van der Waals surface area contributed by atoms with Crippen LogP contribution in [-0.4, -0.2) is 4.57 Å². The molecule has 1 aliphatic rings. The molecule has 63 heavy (non-hydrogen) atoms. The zero-order chi connectivity index (χ0) is 41.8. The molecule has 0 amide bonds. The van der Waals surface area contributed by atoms with Gasteiger partial charge >= 0.3 is 0 Å². The van der Waals surface area contributed by atoms with E-state index in [4.69, 9.17) is 0 Å². The van der Waals surface area contributed by atoms with Gasteiger partial charge in [0, 0.05) is 38.9 Å². The van der Waals surface area contributed by atoms with Gasteiger partial charge in [-0.15, -0.1) is 0 Å². The third-order valence-corrected chi connectivity index (χ3v) is 13.9. The number of benzene rings is 11. The van der Waals surface area contributed by atoms with Crippen LogP contribution in [-0.2, 0) is 5.41 Å². The molecule has 13 rings (SSSR count). The second-order valence-corrected chi connectivity index (χ2v) is 17.7. The second-order valence-electron chi connectivity index (χ2n) is 17.7. The molecule has 0 spiro atoms. The molecular formula is C61H42N2. The molecule has 0 atom stereocenters. The van der Waals surface area contributed by atoms with Gasteiger partial charge in [0.25, 0.3) is 0 Å². The van der Waals surface area contributed by atoms with Crippen molar-refractivity contribution in [2.75, 3.05) is 4.90 Å². The van der Waals surface area contributed by atoms with E-state index in [0.29, 0.717) is 0 Å². The number of hydrogen-bond donors (Lipinski definition) is 0. The van der Waals surface area contributed by atoms with Crippen LogP contribution in [0.1, 0.15) is 25.0 Å². The SMILES string of the molecule is CC1(C)c2ccccc2-c2ccc(-c3ccc4c(c3)c3c5ccc6c(-c7ccc(N(c8ccccc8)c8ccccc8)cc7)ccc7ccc(cc3n4-c3ccccc3)c5c76)cc21. The summed E-state index contributed by atoms with van der Waals surface area (Å²) in [6.45, 7) is 4.73. The van der Waals surface area contributed by atoms with E-state index in [2.05, 4.69) is 242 Å². The molecule has 296 valence electrons. The first kappa shape index (κ1) is 35.8. The molecule has 0 fully saturated rings. The van der Waals surface area contributed by atoms with Crippen molar-refractivity contribution in [1.82, 2.24) is 4.57 Å². The van der Waals surface area contributed by atoms with Crippen LogP contribution in [0.3, 0.4) is 0 Å². The lowest BCUT2D eigenvalue weighted by Crippen LogP contribution is -2.14. The molecule has 0 aliphatic heterocycles. The standard InChI is InChI=1S/C61H42N2/c1-61(2)54-21-13-12-20-49(54)50-32-27-42(37-55(50)61)41-28-35-56-53(36-41)60-52-34-33-51-48(39-24-29-47(30-25-39)62(44-14-6-3-7-15-44)45-16-8-4-9-17-45)31-26-40-22-23-43(59(52)58(40)51)38-57(60)63(56)46-18-10-5-11-19-46/h3-38H,1-2H3. The van der Waals surface area contributed by atoms with Gasteiger partial charge in [-0.1, -0.05) is 159 Å². The van der Waals surface area contributed by atoms with Crippen molar-refractivity contribution in [2.24, 2.45) is 0 Å². The highest BCUT2D eigenvalue weighted by Crippen LogP contribution is 2.51. The Labute approximate surface area is 366 Å². The molecule has 1 aliphatic carbocycles. The fraction of sp³-hybridized carbons (Fsp3) is 0.0492. The van der Waals surface area contributed by atoms with Crippen molar-refractivity contribution in [1.29, 1.82) is 0 Å². The van der Waals surface area contributed by atoms with Crippen molar-refractivity contribution < 1.29 is 0 Å². The zero-order valence-corrected chi connectivity index (χ0v) is 35.2. The third kappa shape index (κ3) is 5.31. The smallest absolute Gasteiger partial charge is 0.0553 e. The van der Waals surface area contributed by atoms with Crippen molar-refractivity contribution in [3.63, 3.8) is 0 Å². The van der Waals surface area contributed by atoms with Gasteiger partial charge in [0.15, 0.2) is 0 Å². The van der Waals surface area contributed by atoms with Crippen LogP contribution in [0.4, 0.5) is 17.1 Å². The molecule has 0 radical (unpaired) electrons. The summed E-state index contributed by atoms with van der Waals surface area (Å²) in [6.07, 6.45) is 0. The van der Waals surface area contributed by atoms with E-state index >= 15 is 0 Å². The fourth-order valence-corrected chi connectivity index (χ4v) is 10.9. The summed E-state index contributed by atoms with van der Waals surface area (Å²) in [5.41, 5.74) is 17.4. The predicted molar refractivity (Wildman–Crippen MR) is 268 cm³/mol. The van der Waals surface area contributed by atoms with Crippen molar-refractivity contribution in [2.45, 2.75) is 19.3 Å². The van der Waals surface area contributed by atoms with Crippen molar-refractivity contribution in [3.05, 3.63) is 230 Å². The van der Waals surface area contributed by atoms with E-state index < -0.39 is 0 Å². The van der Waals surface area contributed by atoms with Gasteiger partial charge in [0.2, 0.25) is 0 Å². The molecule has 12 aromatic rings. The fourth-order valence-electron chi connectivity index (χ4n) is 10.9. The molecule has 11 aromatic carbocycles. The normalized spacial score (nSPS) is 13.0. The highest BCUT2D eigenvalue weighted by Gasteiger charge is 2.35. The first-order chi connectivity index (χ1) is 31.0. The lowest BCUT2D eigenvalue weighted by Gasteiger charge is -2.25. The average molecular weight is 803 g/mol. The highest BCUT2D eigenvalue weighted by molar-refractivity contribution is 6.34. The Kier molecular flexibility index (Phi) is 7.68. The first-order valence-electron chi connectivity index (χ1n) is 22.0.